The maximum absolute atomic E-state index is 5.96. The van der Waals surface area contributed by atoms with E-state index in [1.807, 2.05) is 37.3 Å². The van der Waals surface area contributed by atoms with Gasteiger partial charge in [-0.05, 0) is 42.8 Å². The first-order valence-corrected chi connectivity index (χ1v) is 7.87. The van der Waals surface area contributed by atoms with Gasteiger partial charge in [0.25, 0.3) is 0 Å². The zero-order valence-electron chi connectivity index (χ0n) is 11.8. The van der Waals surface area contributed by atoms with Crippen LogP contribution in [0.3, 0.4) is 0 Å². The summed E-state index contributed by atoms with van der Waals surface area (Å²) < 4.78 is 6.70. The second-order valence-corrected chi connectivity index (χ2v) is 6.12. The van der Waals surface area contributed by atoms with Crippen LogP contribution < -0.4 is 5.32 Å². The Balaban J connectivity index is 1.70. The third-order valence-corrected chi connectivity index (χ3v) is 4.24. The smallest absolute Gasteiger partial charge is 0.247 e. The first-order valence-electron chi connectivity index (χ1n) is 6.70. The van der Waals surface area contributed by atoms with Gasteiger partial charge in [-0.25, -0.2) is 0 Å². The summed E-state index contributed by atoms with van der Waals surface area (Å²) in [5.74, 6) is 0.982. The van der Waals surface area contributed by atoms with E-state index in [1.54, 1.807) is 12.1 Å². The number of hydrogen-bond donors (Lipinski definition) is 1. The van der Waals surface area contributed by atoms with E-state index in [2.05, 4.69) is 31.4 Å². The minimum Gasteiger partial charge on any atom is -0.419 e. The lowest BCUT2D eigenvalue weighted by Gasteiger charge is -2.05. The molecule has 2 aromatic carbocycles. The van der Waals surface area contributed by atoms with Crippen LogP contribution in [-0.2, 0) is 6.54 Å². The first-order chi connectivity index (χ1) is 10.6. The molecule has 0 bridgehead atoms. The molecule has 112 valence electrons. The number of nitrogens with one attached hydrogen (secondary N) is 1. The Hall–Kier alpha value is -1.85. The number of rotatable bonds is 4. The van der Waals surface area contributed by atoms with Crippen LogP contribution in [0, 0.1) is 6.92 Å². The van der Waals surface area contributed by atoms with E-state index in [4.69, 9.17) is 16.0 Å². The van der Waals surface area contributed by atoms with Gasteiger partial charge in [0.15, 0.2) is 0 Å². The number of aryl methyl sites for hydroxylation is 1. The maximum atomic E-state index is 5.96. The molecule has 4 nitrogen and oxygen atoms in total. The van der Waals surface area contributed by atoms with E-state index in [9.17, 15) is 0 Å². The molecule has 0 aliphatic rings. The number of anilines is 1. The van der Waals surface area contributed by atoms with E-state index in [1.165, 1.54) is 5.56 Å². The molecule has 0 saturated heterocycles. The van der Waals surface area contributed by atoms with Gasteiger partial charge in [0, 0.05) is 20.7 Å². The molecule has 0 radical (unpaired) electrons. The summed E-state index contributed by atoms with van der Waals surface area (Å²) in [5.41, 5.74) is 2.98. The Morgan fingerprint density at radius 2 is 2.05 bits per heavy atom. The van der Waals surface area contributed by atoms with Crippen LogP contribution in [0.5, 0.6) is 0 Å². The SMILES string of the molecule is Cc1ccc(NCc2nnc(-c3cccc(Cl)c3)o2)cc1Br. The van der Waals surface area contributed by atoms with Crippen molar-refractivity contribution < 1.29 is 4.42 Å². The van der Waals surface area contributed by atoms with Gasteiger partial charge in [0.1, 0.15) is 0 Å². The molecule has 0 saturated carbocycles. The molecule has 0 aliphatic carbocycles. The predicted octanol–water partition coefficient (Wildman–Crippen LogP) is 5.07. The van der Waals surface area contributed by atoms with Crippen molar-refractivity contribution >= 4 is 33.2 Å². The van der Waals surface area contributed by atoms with Gasteiger partial charge in [0.05, 0.1) is 6.54 Å². The molecule has 0 amide bonds. The average molecular weight is 379 g/mol. The lowest BCUT2D eigenvalue weighted by Crippen LogP contribution is -1.99. The van der Waals surface area contributed by atoms with Crippen molar-refractivity contribution in [3.05, 3.63) is 63.4 Å². The van der Waals surface area contributed by atoms with Crippen molar-refractivity contribution in [2.45, 2.75) is 13.5 Å². The van der Waals surface area contributed by atoms with Crippen molar-refractivity contribution in [1.82, 2.24) is 10.2 Å². The highest BCUT2D eigenvalue weighted by Gasteiger charge is 2.09. The Morgan fingerprint density at radius 3 is 2.82 bits per heavy atom. The summed E-state index contributed by atoms with van der Waals surface area (Å²) in [5, 5.41) is 12.0. The van der Waals surface area contributed by atoms with Crippen LogP contribution in [0.25, 0.3) is 11.5 Å². The fourth-order valence-corrected chi connectivity index (χ4v) is 2.51. The minimum atomic E-state index is 0.461. The molecule has 6 heteroatoms. The van der Waals surface area contributed by atoms with E-state index < -0.39 is 0 Å². The average Bonchev–Trinajstić information content (AvgIpc) is 2.97. The highest BCUT2D eigenvalue weighted by atomic mass is 79.9. The number of nitrogens with zero attached hydrogens (tertiary/aromatic N) is 2. The molecular weight excluding hydrogens is 366 g/mol. The molecule has 0 unspecified atom stereocenters. The highest BCUT2D eigenvalue weighted by Crippen LogP contribution is 2.23. The summed E-state index contributed by atoms with van der Waals surface area (Å²) in [6, 6.07) is 13.4. The van der Waals surface area contributed by atoms with Crippen molar-refractivity contribution in [1.29, 1.82) is 0 Å². The standard InChI is InChI=1S/C16H13BrClN3O/c1-10-5-6-13(8-14(10)17)19-9-15-20-21-16(22-15)11-3-2-4-12(18)7-11/h2-8,19H,9H2,1H3. The van der Waals surface area contributed by atoms with E-state index in [0.717, 1.165) is 15.7 Å². The lowest BCUT2D eigenvalue weighted by molar-refractivity contribution is 0.515. The zero-order valence-corrected chi connectivity index (χ0v) is 14.1. The van der Waals surface area contributed by atoms with Gasteiger partial charge in [-0.15, -0.1) is 10.2 Å². The maximum Gasteiger partial charge on any atom is 0.247 e. The van der Waals surface area contributed by atoms with Gasteiger partial charge >= 0.3 is 0 Å². The molecule has 0 atom stereocenters. The molecule has 0 aliphatic heterocycles. The molecule has 1 aromatic heterocycles. The van der Waals surface area contributed by atoms with E-state index in [0.29, 0.717) is 23.3 Å². The molecule has 1 N–H and O–H groups in total. The van der Waals surface area contributed by atoms with Crippen LogP contribution in [-0.4, -0.2) is 10.2 Å². The van der Waals surface area contributed by atoms with Crippen LogP contribution in [0.1, 0.15) is 11.5 Å². The molecule has 22 heavy (non-hydrogen) atoms. The minimum absolute atomic E-state index is 0.461. The molecule has 1 heterocycles. The fourth-order valence-electron chi connectivity index (χ4n) is 1.94. The third kappa shape index (κ3) is 3.48. The van der Waals surface area contributed by atoms with Crippen molar-refractivity contribution in [2.75, 3.05) is 5.32 Å². The summed E-state index contributed by atoms with van der Waals surface area (Å²) in [7, 11) is 0. The summed E-state index contributed by atoms with van der Waals surface area (Å²) in [6.07, 6.45) is 0. The van der Waals surface area contributed by atoms with Gasteiger partial charge in [-0.2, -0.15) is 0 Å². The lowest BCUT2D eigenvalue weighted by atomic mass is 10.2. The van der Waals surface area contributed by atoms with Crippen LogP contribution in [0.4, 0.5) is 5.69 Å². The number of aromatic nitrogens is 2. The zero-order chi connectivity index (χ0) is 15.5. The Bertz CT molecular complexity index is 804. The van der Waals surface area contributed by atoms with Gasteiger partial charge in [-0.1, -0.05) is 39.7 Å². The van der Waals surface area contributed by atoms with Crippen molar-refractivity contribution in [3.63, 3.8) is 0 Å². The molecular formula is C16H13BrClN3O. The van der Waals surface area contributed by atoms with Gasteiger partial charge < -0.3 is 9.73 Å². The molecule has 0 fully saturated rings. The number of benzene rings is 2. The largest absolute Gasteiger partial charge is 0.419 e. The predicted molar refractivity (Wildman–Crippen MR) is 90.9 cm³/mol. The van der Waals surface area contributed by atoms with E-state index >= 15 is 0 Å². The Labute approximate surface area is 141 Å². The van der Waals surface area contributed by atoms with Gasteiger partial charge in [0.2, 0.25) is 11.8 Å². The summed E-state index contributed by atoms with van der Waals surface area (Å²) >= 11 is 9.47. The Morgan fingerprint density at radius 1 is 1.18 bits per heavy atom. The summed E-state index contributed by atoms with van der Waals surface area (Å²) in [4.78, 5) is 0. The second-order valence-electron chi connectivity index (χ2n) is 4.83. The molecule has 0 spiro atoms. The van der Waals surface area contributed by atoms with E-state index in [-0.39, 0.29) is 0 Å². The molecule has 3 rings (SSSR count). The first kappa shape index (κ1) is 15.1. The quantitative estimate of drug-likeness (QED) is 0.688. The second kappa shape index (κ2) is 6.50. The van der Waals surface area contributed by atoms with Crippen LogP contribution in [0.15, 0.2) is 51.4 Å². The highest BCUT2D eigenvalue weighted by molar-refractivity contribution is 9.10. The van der Waals surface area contributed by atoms with Crippen LogP contribution in [0.2, 0.25) is 5.02 Å². The number of halogens is 2. The fraction of sp³-hybridized carbons (Fsp3) is 0.125. The normalized spacial score (nSPS) is 10.7. The third-order valence-electron chi connectivity index (χ3n) is 3.15. The van der Waals surface area contributed by atoms with Crippen molar-refractivity contribution in [3.8, 4) is 11.5 Å². The van der Waals surface area contributed by atoms with Crippen LogP contribution >= 0.6 is 27.5 Å². The summed E-state index contributed by atoms with van der Waals surface area (Å²) in [6.45, 7) is 2.51. The number of hydrogen-bond acceptors (Lipinski definition) is 4. The van der Waals surface area contributed by atoms with Gasteiger partial charge in [-0.3, -0.25) is 0 Å². The van der Waals surface area contributed by atoms with Crippen molar-refractivity contribution in [2.24, 2.45) is 0 Å². The Kier molecular flexibility index (Phi) is 4.45. The monoisotopic (exact) mass is 377 g/mol. The molecule has 3 aromatic rings. The topological polar surface area (TPSA) is 51.0 Å².